The van der Waals surface area contributed by atoms with E-state index in [9.17, 15) is 0 Å². The number of nitrogens with zero attached hydrogens (tertiary/aromatic N) is 2. The van der Waals surface area contributed by atoms with Crippen LogP contribution >= 0.6 is 0 Å². The van der Waals surface area contributed by atoms with Gasteiger partial charge in [-0.25, -0.2) is 0 Å². The standard InChI is InChI=1S/C42H28N2/c1-3-12-31(13-4-1)43(33-22-19-30-21-24-36-35-16-8-7-11-29(35)20-25-37(36)39(30)27-33)34-23-26-42-40(28-34)38-17-9-10-18-41(38)44(42)32-14-5-2-6-15-32/h1-28H. The van der Waals surface area contributed by atoms with E-state index in [1.165, 1.54) is 59.8 Å². The number of hydrogen-bond donors (Lipinski definition) is 0. The zero-order chi connectivity index (χ0) is 29.0. The second-order valence-corrected chi connectivity index (χ2v) is 11.4. The number of hydrogen-bond acceptors (Lipinski definition) is 1. The maximum atomic E-state index is 2.38. The molecule has 0 atom stereocenters. The number of para-hydroxylation sites is 3. The first-order valence-electron chi connectivity index (χ1n) is 15.1. The van der Waals surface area contributed by atoms with Crippen LogP contribution in [0, 0.1) is 0 Å². The molecule has 0 aliphatic carbocycles. The lowest BCUT2D eigenvalue weighted by molar-refractivity contribution is 1.18. The summed E-state index contributed by atoms with van der Waals surface area (Å²) in [5.41, 5.74) is 6.97. The van der Waals surface area contributed by atoms with Gasteiger partial charge in [0.05, 0.1) is 11.0 Å². The fraction of sp³-hybridized carbons (Fsp3) is 0. The topological polar surface area (TPSA) is 8.17 Å². The molecule has 0 saturated carbocycles. The summed E-state index contributed by atoms with van der Waals surface area (Å²) in [5.74, 6) is 0. The van der Waals surface area contributed by atoms with E-state index in [0.717, 1.165) is 17.1 Å². The highest BCUT2D eigenvalue weighted by Gasteiger charge is 2.18. The smallest absolute Gasteiger partial charge is 0.0542 e. The van der Waals surface area contributed by atoms with Gasteiger partial charge >= 0.3 is 0 Å². The molecule has 0 saturated heterocycles. The van der Waals surface area contributed by atoms with E-state index in [1.54, 1.807) is 0 Å². The highest BCUT2D eigenvalue weighted by atomic mass is 15.1. The van der Waals surface area contributed by atoms with Crippen LogP contribution in [0.15, 0.2) is 170 Å². The molecule has 0 radical (unpaired) electrons. The summed E-state index contributed by atoms with van der Waals surface area (Å²) < 4.78 is 2.37. The summed E-state index contributed by atoms with van der Waals surface area (Å²) in [6.45, 7) is 0. The van der Waals surface area contributed by atoms with Crippen molar-refractivity contribution in [1.29, 1.82) is 0 Å². The van der Waals surface area contributed by atoms with Crippen molar-refractivity contribution in [2.45, 2.75) is 0 Å². The van der Waals surface area contributed by atoms with Crippen molar-refractivity contribution in [2.75, 3.05) is 4.90 Å². The number of aromatic nitrogens is 1. The minimum atomic E-state index is 1.13. The summed E-state index contributed by atoms with van der Waals surface area (Å²) in [6.07, 6.45) is 0. The lowest BCUT2D eigenvalue weighted by Gasteiger charge is -2.26. The van der Waals surface area contributed by atoms with Crippen molar-refractivity contribution in [2.24, 2.45) is 0 Å². The SMILES string of the molecule is c1ccc(N(c2ccc3ccc4c5ccccc5ccc4c3c2)c2ccc3c(c2)c2ccccc2n3-c2ccccc2)cc1. The van der Waals surface area contributed by atoms with Crippen LogP contribution in [0.5, 0.6) is 0 Å². The van der Waals surface area contributed by atoms with Crippen LogP contribution in [0.4, 0.5) is 17.1 Å². The zero-order valence-electron chi connectivity index (χ0n) is 24.1. The fourth-order valence-corrected chi connectivity index (χ4v) is 6.92. The molecule has 8 aromatic carbocycles. The van der Waals surface area contributed by atoms with E-state index in [0.29, 0.717) is 0 Å². The largest absolute Gasteiger partial charge is 0.310 e. The van der Waals surface area contributed by atoms with Gasteiger partial charge in [-0.15, -0.1) is 0 Å². The lowest BCUT2D eigenvalue weighted by atomic mass is 9.96. The highest BCUT2D eigenvalue weighted by Crippen LogP contribution is 2.41. The minimum Gasteiger partial charge on any atom is -0.310 e. The summed E-state index contributed by atoms with van der Waals surface area (Å²) in [4.78, 5) is 2.38. The third kappa shape index (κ3) is 3.82. The Morgan fingerprint density at radius 3 is 1.66 bits per heavy atom. The monoisotopic (exact) mass is 560 g/mol. The minimum absolute atomic E-state index is 1.13. The summed E-state index contributed by atoms with van der Waals surface area (Å²) in [5, 5.41) is 10.1. The molecular formula is C42H28N2. The van der Waals surface area contributed by atoms with Gasteiger partial charge in [0.2, 0.25) is 0 Å². The number of anilines is 3. The predicted octanol–water partition coefficient (Wildman–Crippen LogP) is 11.7. The predicted molar refractivity (Wildman–Crippen MR) is 188 cm³/mol. The normalized spacial score (nSPS) is 11.6. The second-order valence-electron chi connectivity index (χ2n) is 11.4. The van der Waals surface area contributed by atoms with Crippen molar-refractivity contribution in [3.05, 3.63) is 170 Å². The Labute approximate surface area is 255 Å². The first-order chi connectivity index (χ1) is 21.8. The molecule has 9 aromatic rings. The van der Waals surface area contributed by atoms with Gasteiger partial charge in [0.25, 0.3) is 0 Å². The van der Waals surface area contributed by atoms with Gasteiger partial charge in [0.15, 0.2) is 0 Å². The molecule has 1 aromatic heterocycles. The number of rotatable bonds is 4. The van der Waals surface area contributed by atoms with E-state index in [2.05, 4.69) is 179 Å². The van der Waals surface area contributed by atoms with Gasteiger partial charge in [-0.05, 0) is 93.0 Å². The maximum Gasteiger partial charge on any atom is 0.0542 e. The van der Waals surface area contributed by atoms with E-state index in [4.69, 9.17) is 0 Å². The van der Waals surface area contributed by atoms with Gasteiger partial charge in [-0.2, -0.15) is 0 Å². The van der Waals surface area contributed by atoms with Crippen LogP contribution in [-0.2, 0) is 0 Å². The Kier molecular flexibility index (Phi) is 5.54. The summed E-state index contributed by atoms with van der Waals surface area (Å²) in [6, 6.07) is 61.5. The van der Waals surface area contributed by atoms with Crippen LogP contribution in [0.25, 0.3) is 59.8 Å². The van der Waals surface area contributed by atoms with E-state index >= 15 is 0 Å². The Bertz CT molecular complexity index is 2490. The molecule has 44 heavy (non-hydrogen) atoms. The van der Waals surface area contributed by atoms with Crippen LogP contribution in [-0.4, -0.2) is 4.57 Å². The third-order valence-corrected chi connectivity index (χ3v) is 8.93. The van der Waals surface area contributed by atoms with Gasteiger partial charge in [-0.1, -0.05) is 109 Å². The zero-order valence-corrected chi connectivity index (χ0v) is 24.1. The van der Waals surface area contributed by atoms with Crippen LogP contribution < -0.4 is 4.90 Å². The second kappa shape index (κ2) is 9.86. The van der Waals surface area contributed by atoms with Crippen molar-refractivity contribution >= 4 is 71.2 Å². The Hall–Kier alpha value is -5.86. The van der Waals surface area contributed by atoms with Crippen LogP contribution in [0.2, 0.25) is 0 Å². The maximum absolute atomic E-state index is 2.38. The summed E-state index contributed by atoms with van der Waals surface area (Å²) >= 11 is 0. The summed E-state index contributed by atoms with van der Waals surface area (Å²) in [7, 11) is 0. The molecule has 2 heteroatoms. The van der Waals surface area contributed by atoms with Crippen LogP contribution in [0.1, 0.15) is 0 Å². The van der Waals surface area contributed by atoms with Crippen molar-refractivity contribution in [3.8, 4) is 5.69 Å². The van der Waals surface area contributed by atoms with Crippen molar-refractivity contribution in [3.63, 3.8) is 0 Å². The quantitative estimate of drug-likeness (QED) is 0.194. The fourth-order valence-electron chi connectivity index (χ4n) is 6.92. The van der Waals surface area contributed by atoms with Gasteiger partial charge in [0, 0.05) is 33.5 Å². The molecular weight excluding hydrogens is 532 g/mol. The Morgan fingerprint density at radius 1 is 0.318 bits per heavy atom. The molecule has 206 valence electrons. The van der Waals surface area contributed by atoms with E-state index in [1.807, 2.05) is 0 Å². The van der Waals surface area contributed by atoms with Crippen molar-refractivity contribution < 1.29 is 0 Å². The molecule has 0 bridgehead atoms. The molecule has 1 heterocycles. The number of benzene rings is 8. The lowest BCUT2D eigenvalue weighted by Crippen LogP contribution is -2.09. The van der Waals surface area contributed by atoms with Gasteiger partial charge < -0.3 is 9.47 Å². The average molecular weight is 561 g/mol. The Balaban J connectivity index is 1.29. The molecule has 0 fully saturated rings. The average Bonchev–Trinajstić information content (AvgIpc) is 3.43. The van der Waals surface area contributed by atoms with E-state index < -0.39 is 0 Å². The molecule has 2 nitrogen and oxygen atoms in total. The molecule has 0 unspecified atom stereocenters. The first-order valence-corrected chi connectivity index (χ1v) is 15.1. The molecule has 0 amide bonds. The first kappa shape index (κ1) is 24.7. The third-order valence-electron chi connectivity index (χ3n) is 8.93. The van der Waals surface area contributed by atoms with E-state index in [-0.39, 0.29) is 0 Å². The molecule has 0 aliphatic heterocycles. The molecule has 9 rings (SSSR count). The number of fused-ring (bicyclic) bond motifs is 8. The molecule has 0 spiro atoms. The molecule has 0 N–H and O–H groups in total. The Morgan fingerprint density at radius 2 is 0.864 bits per heavy atom. The van der Waals surface area contributed by atoms with Gasteiger partial charge in [0.1, 0.15) is 0 Å². The highest BCUT2D eigenvalue weighted by molar-refractivity contribution is 6.18. The van der Waals surface area contributed by atoms with Crippen LogP contribution in [0.3, 0.4) is 0 Å². The van der Waals surface area contributed by atoms with Gasteiger partial charge in [-0.3, -0.25) is 0 Å². The van der Waals surface area contributed by atoms with Crippen molar-refractivity contribution in [1.82, 2.24) is 4.57 Å². The molecule has 0 aliphatic rings.